The summed E-state index contributed by atoms with van der Waals surface area (Å²) in [6.07, 6.45) is 0. The van der Waals surface area contributed by atoms with Crippen molar-refractivity contribution < 1.29 is 9.59 Å². The molecule has 2 amide bonds. The molecule has 5 heteroatoms. The number of amides is 2. The Balaban J connectivity index is 2.03. The Bertz CT molecular complexity index is 787. The van der Waals surface area contributed by atoms with E-state index in [1.54, 1.807) is 26.0 Å². The van der Waals surface area contributed by atoms with Gasteiger partial charge < -0.3 is 0 Å². The quantitative estimate of drug-likeness (QED) is 0.863. The molecule has 106 valence electrons. The Kier molecular flexibility index (Phi) is 3.18. The highest BCUT2D eigenvalue weighted by molar-refractivity contribution is 6.36. The maximum Gasteiger partial charge on any atom is 0.275 e. The van der Waals surface area contributed by atoms with Crippen molar-refractivity contribution in [3.63, 3.8) is 0 Å². The molecule has 0 unspecified atom stereocenters. The number of anilines is 1. The highest BCUT2D eigenvalue weighted by Gasteiger charge is 2.33. The minimum atomic E-state index is -0.323. The molecule has 4 nitrogen and oxygen atoms in total. The molecule has 0 radical (unpaired) electrons. The van der Waals surface area contributed by atoms with Gasteiger partial charge in [-0.1, -0.05) is 35.9 Å². The number of hydrogen-bond donors (Lipinski definition) is 1. The lowest BCUT2D eigenvalue weighted by molar-refractivity contribution is -0.135. The number of rotatable bonds is 2. The molecule has 0 saturated carbocycles. The van der Waals surface area contributed by atoms with Crippen molar-refractivity contribution in [1.29, 1.82) is 0 Å². The first-order valence-electron chi connectivity index (χ1n) is 6.51. The summed E-state index contributed by atoms with van der Waals surface area (Å²) >= 11 is 6.17. The van der Waals surface area contributed by atoms with Gasteiger partial charge in [0.05, 0.1) is 5.69 Å². The van der Waals surface area contributed by atoms with Crippen LogP contribution in [0.5, 0.6) is 0 Å². The number of nitrogens with zero attached hydrogens (tertiary/aromatic N) is 1. The predicted molar refractivity (Wildman–Crippen MR) is 82.8 cm³/mol. The van der Waals surface area contributed by atoms with Crippen LogP contribution in [0.3, 0.4) is 0 Å². The number of hydrogen-bond acceptors (Lipinski definition) is 3. The van der Waals surface area contributed by atoms with Crippen LogP contribution in [0.4, 0.5) is 5.69 Å². The van der Waals surface area contributed by atoms with Gasteiger partial charge in [0, 0.05) is 26.9 Å². The fraction of sp³-hybridized carbons (Fsp3) is 0.125. The number of halogens is 1. The average Bonchev–Trinajstić information content (AvgIpc) is 2.68. The molecule has 2 aromatic rings. The standard InChI is InChI=1S/C16H13ClN2O2/c1-9-10(2)16(21)19(15(9)20)18-14-8-7-13(17)11-5-3-4-6-12(11)14/h3-8,18H,1-2H3. The van der Waals surface area contributed by atoms with Crippen molar-refractivity contribution in [3.05, 3.63) is 52.6 Å². The van der Waals surface area contributed by atoms with Crippen LogP contribution in [0, 0.1) is 0 Å². The van der Waals surface area contributed by atoms with Crippen molar-refractivity contribution >= 4 is 39.9 Å². The number of carbonyl (C=O) groups excluding carboxylic acids is 2. The van der Waals surface area contributed by atoms with Crippen LogP contribution >= 0.6 is 11.6 Å². The fourth-order valence-electron chi connectivity index (χ4n) is 2.33. The van der Waals surface area contributed by atoms with Crippen molar-refractivity contribution in [2.24, 2.45) is 0 Å². The second-order valence-electron chi connectivity index (χ2n) is 4.95. The van der Waals surface area contributed by atoms with E-state index in [-0.39, 0.29) is 11.8 Å². The topological polar surface area (TPSA) is 49.4 Å². The average molecular weight is 301 g/mol. The summed E-state index contributed by atoms with van der Waals surface area (Å²) in [5.74, 6) is -0.645. The van der Waals surface area contributed by atoms with Crippen LogP contribution in [0.1, 0.15) is 13.8 Å². The van der Waals surface area contributed by atoms with E-state index in [0.29, 0.717) is 21.9 Å². The lowest BCUT2D eigenvalue weighted by Crippen LogP contribution is -2.36. The number of carbonyl (C=O) groups is 2. The maximum atomic E-state index is 12.1. The third-order valence-electron chi connectivity index (χ3n) is 3.71. The van der Waals surface area contributed by atoms with Crippen LogP contribution in [-0.4, -0.2) is 16.8 Å². The Labute approximate surface area is 127 Å². The third-order valence-corrected chi connectivity index (χ3v) is 4.04. The van der Waals surface area contributed by atoms with E-state index in [0.717, 1.165) is 15.8 Å². The molecule has 0 aliphatic carbocycles. The summed E-state index contributed by atoms with van der Waals surface area (Å²) in [6, 6.07) is 11.1. The lowest BCUT2D eigenvalue weighted by Gasteiger charge is -2.19. The normalized spacial score (nSPS) is 15.3. The van der Waals surface area contributed by atoms with Gasteiger partial charge in [0.1, 0.15) is 0 Å². The van der Waals surface area contributed by atoms with Crippen molar-refractivity contribution in [2.45, 2.75) is 13.8 Å². The van der Waals surface area contributed by atoms with Gasteiger partial charge >= 0.3 is 0 Å². The molecule has 0 atom stereocenters. The van der Waals surface area contributed by atoms with Crippen molar-refractivity contribution in [2.75, 3.05) is 5.43 Å². The minimum absolute atomic E-state index is 0.323. The Morgan fingerprint density at radius 2 is 1.48 bits per heavy atom. The smallest absolute Gasteiger partial charge is 0.275 e. The van der Waals surface area contributed by atoms with Crippen LogP contribution in [0.2, 0.25) is 5.02 Å². The van der Waals surface area contributed by atoms with Crippen molar-refractivity contribution in [1.82, 2.24) is 5.01 Å². The zero-order valence-electron chi connectivity index (χ0n) is 11.6. The molecule has 3 rings (SSSR count). The molecule has 1 heterocycles. The second-order valence-corrected chi connectivity index (χ2v) is 5.36. The Morgan fingerprint density at radius 3 is 2.10 bits per heavy atom. The van der Waals surface area contributed by atoms with Gasteiger partial charge in [-0.05, 0) is 26.0 Å². The summed E-state index contributed by atoms with van der Waals surface area (Å²) < 4.78 is 0. The molecule has 0 bridgehead atoms. The second kappa shape index (κ2) is 4.90. The van der Waals surface area contributed by atoms with Gasteiger partial charge in [-0.2, -0.15) is 5.01 Å². The number of fused-ring (bicyclic) bond motifs is 1. The lowest BCUT2D eigenvalue weighted by atomic mass is 10.1. The molecule has 0 aromatic heterocycles. The van der Waals surface area contributed by atoms with Crippen LogP contribution in [-0.2, 0) is 9.59 Å². The van der Waals surface area contributed by atoms with E-state index in [4.69, 9.17) is 11.6 Å². The zero-order valence-corrected chi connectivity index (χ0v) is 12.4. The van der Waals surface area contributed by atoms with Crippen LogP contribution < -0.4 is 5.43 Å². The summed E-state index contributed by atoms with van der Waals surface area (Å²) in [6.45, 7) is 3.30. The number of benzene rings is 2. The Hall–Kier alpha value is -2.33. The molecule has 0 saturated heterocycles. The van der Waals surface area contributed by atoms with Gasteiger partial charge in [0.25, 0.3) is 11.8 Å². The van der Waals surface area contributed by atoms with E-state index in [1.807, 2.05) is 24.3 Å². The SMILES string of the molecule is CC1=C(C)C(=O)N(Nc2ccc(Cl)c3ccccc23)C1=O. The third kappa shape index (κ3) is 2.08. The highest BCUT2D eigenvalue weighted by Crippen LogP contribution is 2.31. The monoisotopic (exact) mass is 300 g/mol. The van der Waals surface area contributed by atoms with E-state index in [1.165, 1.54) is 0 Å². The largest absolute Gasteiger partial charge is 0.288 e. The molecular weight excluding hydrogens is 288 g/mol. The molecule has 2 aromatic carbocycles. The van der Waals surface area contributed by atoms with Crippen molar-refractivity contribution in [3.8, 4) is 0 Å². The molecule has 0 spiro atoms. The maximum absolute atomic E-state index is 12.1. The highest BCUT2D eigenvalue weighted by atomic mass is 35.5. The first kappa shape index (κ1) is 13.6. The van der Waals surface area contributed by atoms with E-state index < -0.39 is 0 Å². The molecule has 0 fully saturated rings. The molecule has 1 aliphatic heterocycles. The zero-order chi connectivity index (χ0) is 15.1. The molecule has 1 N–H and O–H groups in total. The predicted octanol–water partition coefficient (Wildman–Crippen LogP) is 3.53. The Morgan fingerprint density at radius 1 is 0.905 bits per heavy atom. The van der Waals surface area contributed by atoms with Gasteiger partial charge in [-0.3, -0.25) is 15.0 Å². The van der Waals surface area contributed by atoms with Gasteiger partial charge in [0.2, 0.25) is 0 Å². The van der Waals surface area contributed by atoms with Gasteiger partial charge in [-0.25, -0.2) is 0 Å². The molecular formula is C16H13ClN2O2. The first-order chi connectivity index (χ1) is 10.0. The summed E-state index contributed by atoms with van der Waals surface area (Å²) in [5.41, 5.74) is 4.50. The minimum Gasteiger partial charge on any atom is -0.288 e. The fourth-order valence-corrected chi connectivity index (χ4v) is 2.56. The van der Waals surface area contributed by atoms with Crippen LogP contribution in [0.25, 0.3) is 10.8 Å². The van der Waals surface area contributed by atoms with Crippen LogP contribution in [0.15, 0.2) is 47.5 Å². The summed E-state index contributed by atoms with van der Waals surface area (Å²) in [4.78, 5) is 24.2. The number of imide groups is 1. The number of nitrogens with one attached hydrogen (secondary N) is 1. The van der Waals surface area contributed by atoms with Gasteiger partial charge in [-0.15, -0.1) is 0 Å². The van der Waals surface area contributed by atoms with E-state index >= 15 is 0 Å². The first-order valence-corrected chi connectivity index (χ1v) is 6.88. The summed E-state index contributed by atoms with van der Waals surface area (Å²) in [7, 11) is 0. The molecule has 21 heavy (non-hydrogen) atoms. The van der Waals surface area contributed by atoms with E-state index in [9.17, 15) is 9.59 Å². The molecule has 1 aliphatic rings. The van der Waals surface area contributed by atoms with E-state index in [2.05, 4.69) is 5.43 Å². The number of hydrazine groups is 1. The summed E-state index contributed by atoms with van der Waals surface area (Å²) in [5, 5.41) is 3.39. The van der Waals surface area contributed by atoms with Gasteiger partial charge in [0.15, 0.2) is 0 Å².